The summed E-state index contributed by atoms with van der Waals surface area (Å²) < 4.78 is 56.8. The van der Waals surface area contributed by atoms with Crippen molar-refractivity contribution in [3.8, 4) is 0 Å². The molecule has 0 spiro atoms. The van der Waals surface area contributed by atoms with Gasteiger partial charge in [-0.15, -0.1) is 0 Å². The number of hydrogen-bond donors (Lipinski definition) is 1. The Morgan fingerprint density at radius 2 is 2.00 bits per heavy atom. The summed E-state index contributed by atoms with van der Waals surface area (Å²) in [5, 5.41) is 2.97. The number of ether oxygens (including phenoxy) is 1. The molecule has 0 unspecified atom stereocenters. The molecule has 1 aromatic carbocycles. The van der Waals surface area contributed by atoms with Crippen molar-refractivity contribution in [2.45, 2.75) is 12.6 Å². The fourth-order valence-electron chi connectivity index (χ4n) is 1.80. The number of hydrogen-bond acceptors (Lipinski definition) is 4. The van der Waals surface area contributed by atoms with Crippen LogP contribution in [0.1, 0.15) is 12.2 Å². The first-order chi connectivity index (χ1) is 9.93. The molecular formula is C13H13F4N3O. The normalized spacial score (nSPS) is 11.9. The lowest BCUT2D eigenvalue weighted by atomic mass is 10.2. The van der Waals surface area contributed by atoms with Crippen molar-refractivity contribution < 1.29 is 22.3 Å². The van der Waals surface area contributed by atoms with E-state index in [-0.39, 0.29) is 16.7 Å². The van der Waals surface area contributed by atoms with Gasteiger partial charge in [0.2, 0.25) is 5.82 Å². The van der Waals surface area contributed by atoms with Crippen LogP contribution in [0.4, 0.5) is 23.4 Å². The minimum atomic E-state index is -4.74. The molecule has 1 heterocycles. The number of fused-ring (bicyclic) bond motifs is 1. The fourth-order valence-corrected chi connectivity index (χ4v) is 1.80. The van der Waals surface area contributed by atoms with Crippen LogP contribution < -0.4 is 5.32 Å². The van der Waals surface area contributed by atoms with Crippen LogP contribution in [-0.4, -0.2) is 30.2 Å². The molecule has 0 saturated heterocycles. The summed E-state index contributed by atoms with van der Waals surface area (Å²) in [6.07, 6.45) is -4.15. The molecule has 2 rings (SSSR count). The van der Waals surface area contributed by atoms with Gasteiger partial charge in [0, 0.05) is 25.6 Å². The molecule has 0 aliphatic heterocycles. The predicted octanol–water partition coefficient (Wildman–Crippen LogP) is 3.24. The Hall–Kier alpha value is -1.96. The number of anilines is 1. The molecule has 4 nitrogen and oxygen atoms in total. The molecule has 0 aliphatic carbocycles. The number of methoxy groups -OCH3 is 1. The van der Waals surface area contributed by atoms with Gasteiger partial charge >= 0.3 is 6.18 Å². The molecule has 2 aromatic rings. The number of nitrogens with one attached hydrogen (secondary N) is 1. The van der Waals surface area contributed by atoms with Gasteiger partial charge < -0.3 is 10.1 Å². The van der Waals surface area contributed by atoms with E-state index in [9.17, 15) is 17.6 Å². The van der Waals surface area contributed by atoms with Crippen molar-refractivity contribution in [3.05, 3.63) is 29.8 Å². The topological polar surface area (TPSA) is 47.0 Å². The van der Waals surface area contributed by atoms with Crippen molar-refractivity contribution in [3.63, 3.8) is 0 Å². The molecule has 114 valence electrons. The smallest absolute Gasteiger partial charge is 0.385 e. The van der Waals surface area contributed by atoms with Crippen LogP contribution in [0.3, 0.4) is 0 Å². The van der Waals surface area contributed by atoms with Gasteiger partial charge in [-0.2, -0.15) is 13.2 Å². The fraction of sp³-hybridized carbons (Fsp3) is 0.385. The maximum Gasteiger partial charge on any atom is 0.451 e. The van der Waals surface area contributed by atoms with Crippen LogP contribution in [0.15, 0.2) is 18.2 Å². The van der Waals surface area contributed by atoms with Crippen LogP contribution in [-0.2, 0) is 10.9 Å². The highest BCUT2D eigenvalue weighted by Crippen LogP contribution is 2.31. The first kappa shape index (κ1) is 15.4. The van der Waals surface area contributed by atoms with Crippen LogP contribution in [0, 0.1) is 5.82 Å². The standard InChI is InChI=1S/C13H13F4N3O/c1-21-7-3-6-18-11-8-4-2-5-9(14)10(8)19-12(20-11)13(15,16)17/h2,4-5H,3,6-7H2,1H3,(H,18,19,20). The van der Waals surface area contributed by atoms with Crippen LogP contribution in [0.25, 0.3) is 10.9 Å². The molecule has 8 heteroatoms. The average molecular weight is 303 g/mol. The summed E-state index contributed by atoms with van der Waals surface area (Å²) in [6.45, 7) is 0.810. The number of aromatic nitrogens is 2. The molecule has 1 aromatic heterocycles. The van der Waals surface area contributed by atoms with Gasteiger partial charge in [-0.05, 0) is 18.6 Å². The Balaban J connectivity index is 2.43. The van der Waals surface area contributed by atoms with Gasteiger partial charge in [-0.3, -0.25) is 0 Å². The molecule has 0 saturated carbocycles. The van der Waals surface area contributed by atoms with E-state index in [0.29, 0.717) is 19.6 Å². The van der Waals surface area contributed by atoms with E-state index in [0.717, 1.165) is 6.07 Å². The highest BCUT2D eigenvalue weighted by molar-refractivity contribution is 5.89. The molecule has 21 heavy (non-hydrogen) atoms. The van der Waals surface area contributed by atoms with Gasteiger partial charge in [-0.1, -0.05) is 6.07 Å². The summed E-state index contributed by atoms with van der Waals surface area (Å²) in [7, 11) is 1.53. The predicted molar refractivity (Wildman–Crippen MR) is 69.5 cm³/mol. The highest BCUT2D eigenvalue weighted by Gasteiger charge is 2.35. The lowest BCUT2D eigenvalue weighted by Crippen LogP contribution is -2.15. The van der Waals surface area contributed by atoms with Gasteiger partial charge in [0.25, 0.3) is 0 Å². The molecule has 0 bridgehead atoms. The first-order valence-corrected chi connectivity index (χ1v) is 6.19. The van der Waals surface area contributed by atoms with Crippen LogP contribution >= 0.6 is 0 Å². The molecule has 0 atom stereocenters. The second-order valence-corrected chi connectivity index (χ2v) is 4.30. The van der Waals surface area contributed by atoms with E-state index in [1.807, 2.05) is 0 Å². The van der Waals surface area contributed by atoms with Gasteiger partial charge in [0.1, 0.15) is 17.2 Å². The zero-order chi connectivity index (χ0) is 15.5. The van der Waals surface area contributed by atoms with Gasteiger partial charge in [0.15, 0.2) is 0 Å². The number of alkyl halides is 3. The Labute approximate surface area is 118 Å². The van der Waals surface area contributed by atoms with E-state index < -0.39 is 17.8 Å². The molecule has 0 fully saturated rings. The molecule has 0 aliphatic rings. The van der Waals surface area contributed by atoms with E-state index >= 15 is 0 Å². The lowest BCUT2D eigenvalue weighted by Gasteiger charge is -2.12. The van der Waals surface area contributed by atoms with Crippen molar-refractivity contribution in [1.29, 1.82) is 0 Å². The van der Waals surface area contributed by atoms with Gasteiger partial charge in [0.05, 0.1) is 0 Å². The quantitative estimate of drug-likeness (QED) is 0.680. The zero-order valence-corrected chi connectivity index (χ0v) is 11.2. The Bertz CT molecular complexity index is 631. The minimum absolute atomic E-state index is 0.0390. The number of rotatable bonds is 5. The summed E-state index contributed by atoms with van der Waals surface area (Å²) in [5.41, 5.74) is -0.353. The Morgan fingerprint density at radius 1 is 1.24 bits per heavy atom. The maximum absolute atomic E-state index is 13.7. The minimum Gasteiger partial charge on any atom is -0.385 e. The number of halogens is 4. The molecule has 0 radical (unpaired) electrons. The maximum atomic E-state index is 13.7. The third kappa shape index (κ3) is 3.57. The molecule has 0 amide bonds. The monoisotopic (exact) mass is 303 g/mol. The van der Waals surface area contributed by atoms with Crippen molar-refractivity contribution in [2.24, 2.45) is 0 Å². The summed E-state index contributed by atoms with van der Waals surface area (Å²) in [4.78, 5) is 6.73. The van der Waals surface area contributed by atoms with E-state index in [1.165, 1.54) is 19.2 Å². The summed E-state index contributed by atoms with van der Waals surface area (Å²) in [6, 6.07) is 3.93. The van der Waals surface area contributed by atoms with E-state index in [2.05, 4.69) is 15.3 Å². The molecule has 1 N–H and O–H groups in total. The third-order valence-corrected chi connectivity index (χ3v) is 2.75. The second-order valence-electron chi connectivity index (χ2n) is 4.30. The van der Waals surface area contributed by atoms with Crippen molar-refractivity contribution >= 4 is 16.7 Å². The zero-order valence-electron chi connectivity index (χ0n) is 11.2. The highest BCUT2D eigenvalue weighted by atomic mass is 19.4. The summed E-state index contributed by atoms with van der Waals surface area (Å²) in [5.74, 6) is -2.22. The van der Waals surface area contributed by atoms with Crippen molar-refractivity contribution in [1.82, 2.24) is 9.97 Å². The van der Waals surface area contributed by atoms with Crippen LogP contribution in [0.2, 0.25) is 0 Å². The Morgan fingerprint density at radius 3 is 2.67 bits per heavy atom. The largest absolute Gasteiger partial charge is 0.451 e. The van der Waals surface area contributed by atoms with Crippen LogP contribution in [0.5, 0.6) is 0 Å². The third-order valence-electron chi connectivity index (χ3n) is 2.75. The van der Waals surface area contributed by atoms with Gasteiger partial charge in [-0.25, -0.2) is 14.4 Å². The number of para-hydroxylation sites is 1. The SMILES string of the molecule is COCCCNc1nc(C(F)(F)F)nc2c(F)cccc12. The average Bonchev–Trinajstić information content (AvgIpc) is 2.43. The number of benzene rings is 1. The lowest BCUT2D eigenvalue weighted by molar-refractivity contribution is -0.144. The van der Waals surface area contributed by atoms with E-state index in [4.69, 9.17) is 4.74 Å². The van der Waals surface area contributed by atoms with E-state index in [1.54, 1.807) is 0 Å². The Kier molecular flexibility index (Phi) is 4.56. The first-order valence-electron chi connectivity index (χ1n) is 6.19. The number of nitrogens with zero attached hydrogens (tertiary/aromatic N) is 2. The van der Waals surface area contributed by atoms with Crippen molar-refractivity contribution in [2.75, 3.05) is 25.6 Å². The molecular weight excluding hydrogens is 290 g/mol. The summed E-state index contributed by atoms with van der Waals surface area (Å²) >= 11 is 0. The second kappa shape index (κ2) is 6.21.